The number of benzene rings is 1. The van der Waals surface area contributed by atoms with E-state index in [1.54, 1.807) is 16.8 Å². The normalized spacial score (nSPS) is 24.6. The first-order valence-electron chi connectivity index (χ1n) is 13.8. The summed E-state index contributed by atoms with van der Waals surface area (Å²) in [6, 6.07) is 5.56. The number of alkyl halides is 3. The molecular weight excluding hydrogens is 528 g/mol. The molecule has 3 fully saturated rings. The van der Waals surface area contributed by atoms with Crippen LogP contribution in [0.3, 0.4) is 0 Å². The van der Waals surface area contributed by atoms with E-state index >= 15 is 0 Å². The van der Waals surface area contributed by atoms with E-state index in [1.165, 1.54) is 28.9 Å². The molecule has 0 unspecified atom stereocenters. The number of aromatic nitrogens is 2. The molecule has 1 aliphatic heterocycles. The van der Waals surface area contributed by atoms with E-state index in [1.807, 2.05) is 20.8 Å². The van der Waals surface area contributed by atoms with Gasteiger partial charge < -0.3 is 14.5 Å². The van der Waals surface area contributed by atoms with E-state index in [0.717, 1.165) is 0 Å². The van der Waals surface area contributed by atoms with Gasteiger partial charge in [-0.2, -0.15) is 18.3 Å². The van der Waals surface area contributed by atoms with Gasteiger partial charge in [0.1, 0.15) is 11.4 Å². The first-order valence-corrected chi connectivity index (χ1v) is 13.8. The van der Waals surface area contributed by atoms with Crippen LogP contribution in [0.5, 0.6) is 0 Å². The molecule has 6 rings (SSSR count). The Hall–Kier alpha value is -3.11. The van der Waals surface area contributed by atoms with Gasteiger partial charge in [-0.15, -0.1) is 0 Å². The summed E-state index contributed by atoms with van der Waals surface area (Å²) >= 11 is 0. The summed E-state index contributed by atoms with van der Waals surface area (Å²) in [5.74, 6) is -0.464. The average molecular weight is 565 g/mol. The molecule has 0 spiro atoms. The van der Waals surface area contributed by atoms with E-state index < -0.39 is 28.7 Å². The lowest BCUT2D eigenvalue weighted by molar-refractivity contribution is -0.153. The van der Waals surface area contributed by atoms with Crippen LogP contribution in [0.1, 0.15) is 81.8 Å². The van der Waals surface area contributed by atoms with Gasteiger partial charge in [-0.05, 0) is 83.4 Å². The minimum absolute atomic E-state index is 0.0329. The summed E-state index contributed by atoms with van der Waals surface area (Å²) in [5, 5.41) is 3.91. The maximum Gasteiger partial charge on any atom is 0.435 e. The molecule has 0 radical (unpaired) electrons. The number of nitrogens with zero attached hydrogens (tertiary/aromatic N) is 4. The molecule has 1 aromatic heterocycles. The van der Waals surface area contributed by atoms with Crippen LogP contribution in [-0.4, -0.2) is 56.3 Å². The van der Waals surface area contributed by atoms with Crippen LogP contribution in [0.15, 0.2) is 24.3 Å². The molecule has 7 nitrogen and oxygen atoms in total. The third kappa shape index (κ3) is 5.19. The predicted molar refractivity (Wildman–Crippen MR) is 139 cm³/mol. The number of hydrogen-bond donors (Lipinski definition) is 0. The Morgan fingerprint density at radius 2 is 1.62 bits per heavy atom. The van der Waals surface area contributed by atoms with Gasteiger partial charge in [0.2, 0.25) is 5.91 Å². The van der Waals surface area contributed by atoms with Crippen LogP contribution in [-0.2, 0) is 35.2 Å². The fourth-order valence-corrected chi connectivity index (χ4v) is 6.62. The summed E-state index contributed by atoms with van der Waals surface area (Å²) < 4.78 is 61.8. The van der Waals surface area contributed by atoms with E-state index in [2.05, 4.69) is 5.10 Å². The van der Waals surface area contributed by atoms with E-state index in [4.69, 9.17) is 4.74 Å². The van der Waals surface area contributed by atoms with Gasteiger partial charge in [0, 0.05) is 30.1 Å². The summed E-state index contributed by atoms with van der Waals surface area (Å²) in [7, 11) is 1.76. The summed E-state index contributed by atoms with van der Waals surface area (Å²) in [6.07, 6.45) is -1.04. The number of ether oxygens (including phenoxy) is 1. The van der Waals surface area contributed by atoms with Crippen LogP contribution in [0.4, 0.5) is 22.4 Å². The number of rotatable bonds is 4. The molecule has 40 heavy (non-hydrogen) atoms. The Balaban J connectivity index is 1.33. The van der Waals surface area contributed by atoms with Gasteiger partial charge in [-0.25, -0.2) is 9.18 Å². The third-order valence-corrected chi connectivity index (χ3v) is 8.98. The molecule has 3 saturated carbocycles. The lowest BCUT2D eigenvalue weighted by atomic mass is 9.56. The zero-order valence-electron chi connectivity index (χ0n) is 23.4. The number of carbonyl (C=O) groups excluding carboxylic acids is 2. The maximum absolute atomic E-state index is 14.0. The summed E-state index contributed by atoms with van der Waals surface area (Å²) in [5.41, 5.74) is -1.34. The molecule has 11 heteroatoms. The predicted octanol–water partition coefficient (Wildman–Crippen LogP) is 5.93. The van der Waals surface area contributed by atoms with Crippen LogP contribution >= 0.6 is 0 Å². The second-order valence-corrected chi connectivity index (χ2v) is 12.6. The highest BCUT2D eigenvalue weighted by Crippen LogP contribution is 2.55. The lowest BCUT2D eigenvalue weighted by Gasteiger charge is -2.56. The second kappa shape index (κ2) is 9.76. The lowest BCUT2D eigenvalue weighted by Crippen LogP contribution is -2.61. The largest absolute Gasteiger partial charge is 0.444 e. The van der Waals surface area contributed by atoms with Gasteiger partial charge in [0.05, 0.1) is 18.8 Å². The molecule has 2 aromatic rings. The van der Waals surface area contributed by atoms with Crippen molar-refractivity contribution in [1.82, 2.24) is 19.6 Å². The van der Waals surface area contributed by atoms with Crippen LogP contribution in [0.2, 0.25) is 0 Å². The highest BCUT2D eigenvalue weighted by molar-refractivity contribution is 5.83. The zero-order valence-corrected chi connectivity index (χ0v) is 23.4. The third-order valence-electron chi connectivity index (χ3n) is 8.98. The number of hydrogen-bond acceptors (Lipinski definition) is 4. The van der Waals surface area contributed by atoms with E-state index in [9.17, 15) is 27.2 Å². The van der Waals surface area contributed by atoms with Crippen molar-refractivity contribution in [3.8, 4) is 0 Å². The molecule has 0 N–H and O–H groups in total. The number of halogens is 4. The molecule has 1 aromatic carbocycles. The first-order chi connectivity index (χ1) is 18.6. The molecule has 0 atom stereocenters. The SMILES string of the molecule is CN(C(=O)OC(C)(C)C)C12CCC(C(=O)N3CCc4c(C(F)(F)F)nn(Cc5ccc(F)cc5)c4C3)(CC1)CC2. The fraction of sp³-hybridized carbons (Fsp3) is 0.621. The number of carbonyl (C=O) groups is 2. The highest BCUT2D eigenvalue weighted by Gasteiger charge is 2.56. The maximum atomic E-state index is 14.0. The van der Waals surface area contributed by atoms with Crippen molar-refractivity contribution in [1.29, 1.82) is 0 Å². The molecular formula is C29H36F4N4O3. The minimum atomic E-state index is -4.61. The average Bonchev–Trinajstić information content (AvgIpc) is 3.27. The monoisotopic (exact) mass is 564 g/mol. The minimum Gasteiger partial charge on any atom is -0.444 e. The van der Waals surface area contributed by atoms with Gasteiger partial charge in [0.15, 0.2) is 5.69 Å². The molecule has 218 valence electrons. The van der Waals surface area contributed by atoms with Gasteiger partial charge >= 0.3 is 12.3 Å². The molecule has 3 aliphatic carbocycles. The Bertz CT molecular complexity index is 1270. The first kappa shape index (κ1) is 28.4. The fourth-order valence-electron chi connectivity index (χ4n) is 6.62. The topological polar surface area (TPSA) is 67.7 Å². The quantitative estimate of drug-likeness (QED) is 0.432. The Morgan fingerprint density at radius 1 is 1.02 bits per heavy atom. The van der Waals surface area contributed by atoms with E-state index in [-0.39, 0.29) is 49.2 Å². The second-order valence-electron chi connectivity index (χ2n) is 12.6. The van der Waals surface area contributed by atoms with Crippen molar-refractivity contribution in [3.63, 3.8) is 0 Å². The van der Waals surface area contributed by atoms with Crippen molar-refractivity contribution in [3.05, 3.63) is 52.6 Å². The molecule has 2 amide bonds. The highest BCUT2D eigenvalue weighted by atomic mass is 19.4. The van der Waals surface area contributed by atoms with Crippen molar-refractivity contribution in [2.45, 2.75) is 96.1 Å². The van der Waals surface area contributed by atoms with E-state index in [0.29, 0.717) is 49.8 Å². The molecule has 2 heterocycles. The van der Waals surface area contributed by atoms with Gasteiger partial charge in [-0.3, -0.25) is 9.48 Å². The summed E-state index contributed by atoms with van der Waals surface area (Å²) in [6.45, 7) is 5.77. The van der Waals surface area contributed by atoms with Crippen LogP contribution in [0.25, 0.3) is 0 Å². The van der Waals surface area contributed by atoms with Crippen molar-refractivity contribution in [2.24, 2.45) is 5.41 Å². The Morgan fingerprint density at radius 3 is 2.17 bits per heavy atom. The Kier molecular flexibility index (Phi) is 6.94. The number of fused-ring (bicyclic) bond motifs is 4. The Labute approximate surface area is 231 Å². The van der Waals surface area contributed by atoms with Crippen molar-refractivity contribution in [2.75, 3.05) is 13.6 Å². The standard InChI is InChI=1S/C29H36F4N4O3/c1-26(2,3)40-25(39)35(4)28-13-10-27(11-14-28,12-15-28)24(38)36-16-9-21-22(18-36)37(34-23(21)29(31,32)33)17-19-5-7-20(30)8-6-19/h5-8H,9-18H2,1-4H3. The smallest absolute Gasteiger partial charge is 0.435 e. The van der Waals surface area contributed by atoms with Gasteiger partial charge in [0.25, 0.3) is 0 Å². The molecule has 4 aliphatic rings. The van der Waals surface area contributed by atoms with Crippen LogP contribution in [0, 0.1) is 11.2 Å². The van der Waals surface area contributed by atoms with Crippen molar-refractivity contribution >= 4 is 12.0 Å². The molecule has 0 saturated heterocycles. The van der Waals surface area contributed by atoms with Gasteiger partial charge in [-0.1, -0.05) is 12.1 Å². The summed E-state index contributed by atoms with van der Waals surface area (Å²) in [4.78, 5) is 30.1. The number of amides is 2. The zero-order chi connectivity index (χ0) is 29.1. The molecule has 2 bridgehead atoms. The van der Waals surface area contributed by atoms with Crippen LogP contribution < -0.4 is 0 Å². The van der Waals surface area contributed by atoms with Crippen molar-refractivity contribution < 1.29 is 31.9 Å².